The van der Waals surface area contributed by atoms with Gasteiger partial charge in [0.05, 0.1) is 5.92 Å². The second kappa shape index (κ2) is 3.77. The third kappa shape index (κ3) is 2.01. The largest absolute Gasteiger partial charge is 0.481 e. The van der Waals surface area contributed by atoms with Gasteiger partial charge in [-0.05, 0) is 6.42 Å². The number of sulfonamides is 1. The predicted octanol–water partition coefficient (Wildman–Crippen LogP) is -0.0547. The Morgan fingerprint density at radius 3 is 2.43 bits per heavy atom. The number of aliphatic carboxylic acids is 1. The summed E-state index contributed by atoms with van der Waals surface area (Å²) in [5, 5.41) is 8.53. The SMILES string of the molecule is O=C(O)[C@@H]1CCN(S(=O)(=O)C(F)F)C1. The van der Waals surface area contributed by atoms with Crippen LogP contribution < -0.4 is 0 Å². The fourth-order valence-electron chi connectivity index (χ4n) is 1.27. The van der Waals surface area contributed by atoms with E-state index < -0.39 is 27.7 Å². The molecule has 0 amide bonds. The van der Waals surface area contributed by atoms with Crippen LogP contribution in [0.3, 0.4) is 0 Å². The van der Waals surface area contributed by atoms with Crippen molar-refractivity contribution in [1.29, 1.82) is 0 Å². The zero-order chi connectivity index (χ0) is 10.9. The highest BCUT2D eigenvalue weighted by molar-refractivity contribution is 7.89. The number of hydrogen-bond donors (Lipinski definition) is 1. The normalized spacial score (nSPS) is 24.4. The Labute approximate surface area is 79.4 Å². The molecule has 1 aliphatic heterocycles. The molecule has 0 unspecified atom stereocenters. The van der Waals surface area contributed by atoms with Crippen LogP contribution in [0.4, 0.5) is 8.78 Å². The van der Waals surface area contributed by atoms with E-state index in [-0.39, 0.29) is 19.5 Å². The molecular weight excluding hydrogens is 220 g/mol. The number of carboxylic acid groups (broad SMARTS) is 1. The van der Waals surface area contributed by atoms with Gasteiger partial charge < -0.3 is 5.11 Å². The standard InChI is InChI=1S/C6H9F2NO4S/c7-6(8)14(12,13)9-2-1-4(3-9)5(10)11/h4,6H,1-3H2,(H,10,11)/t4-/m1/s1. The number of carbonyl (C=O) groups is 1. The van der Waals surface area contributed by atoms with E-state index in [0.717, 1.165) is 0 Å². The summed E-state index contributed by atoms with van der Waals surface area (Å²) in [6.45, 7) is -0.508. The van der Waals surface area contributed by atoms with Crippen LogP contribution >= 0.6 is 0 Å². The molecule has 0 spiro atoms. The monoisotopic (exact) mass is 229 g/mol. The lowest BCUT2D eigenvalue weighted by molar-refractivity contribution is -0.141. The number of rotatable bonds is 3. The maximum atomic E-state index is 12.0. The molecule has 1 N–H and O–H groups in total. The highest BCUT2D eigenvalue weighted by Crippen LogP contribution is 2.22. The molecule has 82 valence electrons. The van der Waals surface area contributed by atoms with Crippen LogP contribution in [0.15, 0.2) is 0 Å². The van der Waals surface area contributed by atoms with Gasteiger partial charge in [-0.25, -0.2) is 8.42 Å². The summed E-state index contributed by atoms with van der Waals surface area (Å²) < 4.78 is 46.3. The third-order valence-corrected chi connectivity index (χ3v) is 3.59. The Bertz CT molecular complexity index is 329. The maximum Gasteiger partial charge on any atom is 0.350 e. The van der Waals surface area contributed by atoms with Crippen molar-refractivity contribution in [2.45, 2.75) is 12.2 Å². The van der Waals surface area contributed by atoms with Crippen molar-refractivity contribution in [2.24, 2.45) is 5.92 Å². The fraction of sp³-hybridized carbons (Fsp3) is 0.833. The fourth-order valence-corrected chi connectivity index (χ4v) is 2.25. The van der Waals surface area contributed by atoms with Crippen LogP contribution in [0.5, 0.6) is 0 Å². The van der Waals surface area contributed by atoms with Gasteiger partial charge in [-0.2, -0.15) is 13.1 Å². The number of alkyl halides is 2. The molecule has 14 heavy (non-hydrogen) atoms. The summed E-state index contributed by atoms with van der Waals surface area (Å²) in [6.07, 6.45) is 0.0846. The molecule has 0 saturated carbocycles. The molecule has 0 aromatic rings. The smallest absolute Gasteiger partial charge is 0.350 e. The minimum atomic E-state index is -4.61. The molecule has 0 radical (unpaired) electrons. The molecule has 0 aromatic carbocycles. The Morgan fingerprint density at radius 1 is 1.50 bits per heavy atom. The molecular formula is C6H9F2NO4S. The van der Waals surface area contributed by atoms with Crippen molar-refractivity contribution in [2.75, 3.05) is 13.1 Å². The molecule has 1 rings (SSSR count). The van der Waals surface area contributed by atoms with E-state index in [4.69, 9.17) is 5.11 Å². The number of hydrogen-bond acceptors (Lipinski definition) is 3. The van der Waals surface area contributed by atoms with Gasteiger partial charge >= 0.3 is 11.7 Å². The molecule has 0 aromatic heterocycles. The minimum Gasteiger partial charge on any atom is -0.481 e. The van der Waals surface area contributed by atoms with Gasteiger partial charge in [-0.1, -0.05) is 0 Å². The lowest BCUT2D eigenvalue weighted by Crippen LogP contribution is -2.34. The Balaban J connectivity index is 2.72. The molecule has 1 atom stereocenters. The number of halogens is 2. The van der Waals surface area contributed by atoms with Crippen molar-refractivity contribution in [3.05, 3.63) is 0 Å². The summed E-state index contributed by atoms with van der Waals surface area (Å²) in [5.41, 5.74) is 0. The molecule has 5 nitrogen and oxygen atoms in total. The van der Waals surface area contributed by atoms with Gasteiger partial charge in [0.2, 0.25) is 0 Å². The number of carboxylic acids is 1. The van der Waals surface area contributed by atoms with Crippen LogP contribution in [0, 0.1) is 5.92 Å². The number of nitrogens with zero attached hydrogens (tertiary/aromatic N) is 1. The first-order chi connectivity index (χ1) is 6.35. The lowest BCUT2D eigenvalue weighted by Gasteiger charge is -2.14. The quantitative estimate of drug-likeness (QED) is 0.736. The van der Waals surface area contributed by atoms with Gasteiger partial charge in [-0.3, -0.25) is 4.79 Å². The second-order valence-electron chi connectivity index (χ2n) is 2.99. The highest BCUT2D eigenvalue weighted by Gasteiger charge is 2.39. The maximum absolute atomic E-state index is 12.0. The summed E-state index contributed by atoms with van der Waals surface area (Å²) in [4.78, 5) is 10.4. The van der Waals surface area contributed by atoms with Crippen LogP contribution in [-0.2, 0) is 14.8 Å². The van der Waals surface area contributed by atoms with Gasteiger partial charge in [0.25, 0.3) is 10.0 Å². The third-order valence-electron chi connectivity index (χ3n) is 2.09. The Morgan fingerprint density at radius 2 is 2.07 bits per heavy atom. The van der Waals surface area contributed by atoms with Crippen molar-refractivity contribution in [3.63, 3.8) is 0 Å². The summed E-state index contributed by atoms with van der Waals surface area (Å²) in [5.74, 6) is -5.50. The predicted molar refractivity (Wildman–Crippen MR) is 42.2 cm³/mol. The van der Waals surface area contributed by atoms with E-state index in [9.17, 15) is 22.0 Å². The Kier molecular flexibility index (Phi) is 3.05. The lowest BCUT2D eigenvalue weighted by atomic mass is 10.1. The summed E-state index contributed by atoms with van der Waals surface area (Å²) >= 11 is 0. The average Bonchev–Trinajstić information content (AvgIpc) is 2.51. The average molecular weight is 229 g/mol. The van der Waals surface area contributed by atoms with Crippen molar-refractivity contribution >= 4 is 16.0 Å². The van der Waals surface area contributed by atoms with Crippen molar-refractivity contribution in [1.82, 2.24) is 4.31 Å². The molecule has 1 aliphatic rings. The first-order valence-electron chi connectivity index (χ1n) is 3.85. The van der Waals surface area contributed by atoms with E-state index in [1.54, 1.807) is 0 Å². The molecule has 1 fully saturated rings. The van der Waals surface area contributed by atoms with Crippen LogP contribution in [0.25, 0.3) is 0 Å². The summed E-state index contributed by atoms with van der Waals surface area (Å²) in [6, 6.07) is 0. The molecule has 0 aliphatic carbocycles. The molecule has 0 bridgehead atoms. The van der Waals surface area contributed by atoms with E-state index in [2.05, 4.69) is 0 Å². The van der Waals surface area contributed by atoms with Gasteiger partial charge in [0.1, 0.15) is 0 Å². The van der Waals surface area contributed by atoms with Crippen LogP contribution in [0.1, 0.15) is 6.42 Å². The van der Waals surface area contributed by atoms with E-state index >= 15 is 0 Å². The van der Waals surface area contributed by atoms with Crippen LogP contribution in [-0.4, -0.2) is 42.6 Å². The van der Waals surface area contributed by atoms with E-state index in [1.807, 2.05) is 0 Å². The zero-order valence-electron chi connectivity index (χ0n) is 7.06. The van der Waals surface area contributed by atoms with Crippen molar-refractivity contribution in [3.8, 4) is 0 Å². The molecule has 1 heterocycles. The first kappa shape index (κ1) is 11.3. The minimum absolute atomic E-state index is 0.0846. The molecule has 1 saturated heterocycles. The van der Waals surface area contributed by atoms with Crippen molar-refractivity contribution < 1.29 is 27.1 Å². The van der Waals surface area contributed by atoms with Gasteiger partial charge in [0, 0.05) is 13.1 Å². The van der Waals surface area contributed by atoms with E-state index in [0.29, 0.717) is 4.31 Å². The molecule has 8 heteroatoms. The van der Waals surface area contributed by atoms with Gasteiger partial charge in [0.15, 0.2) is 0 Å². The zero-order valence-corrected chi connectivity index (χ0v) is 7.88. The first-order valence-corrected chi connectivity index (χ1v) is 5.36. The Hall–Kier alpha value is -0.760. The van der Waals surface area contributed by atoms with Gasteiger partial charge in [-0.15, -0.1) is 0 Å². The highest BCUT2D eigenvalue weighted by atomic mass is 32.2. The topological polar surface area (TPSA) is 74.7 Å². The van der Waals surface area contributed by atoms with E-state index in [1.165, 1.54) is 0 Å². The second-order valence-corrected chi connectivity index (χ2v) is 4.89. The summed E-state index contributed by atoms with van der Waals surface area (Å²) in [7, 11) is -4.61. The van der Waals surface area contributed by atoms with Crippen LogP contribution in [0.2, 0.25) is 0 Å².